The van der Waals surface area contributed by atoms with Crippen molar-refractivity contribution in [3.05, 3.63) is 59.8 Å². The normalized spacial score (nSPS) is 14.8. The number of morpholine rings is 1. The number of benzene rings is 2. The number of carbonyl (C=O) groups is 1. The van der Waals surface area contributed by atoms with Gasteiger partial charge in [0.15, 0.2) is 0 Å². The number of hydrogen-bond donors (Lipinski definition) is 2. The van der Waals surface area contributed by atoms with Crippen LogP contribution in [0.1, 0.15) is 16.1 Å². The van der Waals surface area contributed by atoms with Gasteiger partial charge in [-0.1, -0.05) is 36.0 Å². The summed E-state index contributed by atoms with van der Waals surface area (Å²) < 4.78 is 5.42. The molecule has 142 valence electrons. The molecule has 7 heteroatoms. The molecule has 0 radical (unpaired) electrons. The minimum atomic E-state index is -0.436. The number of ether oxygens (including phenoxy) is 1. The van der Waals surface area contributed by atoms with Gasteiger partial charge in [0.1, 0.15) is 5.69 Å². The Bertz CT molecular complexity index is 924. The zero-order valence-corrected chi connectivity index (χ0v) is 16.4. The van der Waals surface area contributed by atoms with Crippen LogP contribution in [0.5, 0.6) is 0 Å². The molecule has 3 N–H and O–H groups in total. The summed E-state index contributed by atoms with van der Waals surface area (Å²) in [6, 6.07) is 16.3. The topological polar surface area (TPSA) is 71.4 Å². The highest BCUT2D eigenvalue weighted by Crippen LogP contribution is 2.37. The molecule has 5 nitrogen and oxygen atoms in total. The molecule has 0 atom stereocenters. The average Bonchev–Trinajstić information content (AvgIpc) is 3.02. The standard InChI is InChI=1S/C20H21N3O2S.ClH/c21-20(24)18-19(26-15-4-2-1-3-5-15)16-12-14(6-7-17(16)22-18)13-23-8-10-25-11-9-23;/h1-7,12,22H,8-11,13H2,(H2,21,24);1H. The van der Waals surface area contributed by atoms with E-state index >= 15 is 0 Å². The first-order valence-corrected chi connectivity index (χ1v) is 9.50. The maximum atomic E-state index is 11.9. The van der Waals surface area contributed by atoms with Crippen LogP contribution in [0.15, 0.2) is 58.3 Å². The van der Waals surface area contributed by atoms with Gasteiger partial charge in [0, 0.05) is 35.4 Å². The minimum absolute atomic E-state index is 0. The third-order valence-electron chi connectivity index (χ3n) is 4.53. The fourth-order valence-corrected chi connectivity index (χ4v) is 4.28. The highest BCUT2D eigenvalue weighted by atomic mass is 35.5. The van der Waals surface area contributed by atoms with Gasteiger partial charge in [-0.2, -0.15) is 0 Å². The van der Waals surface area contributed by atoms with Gasteiger partial charge in [-0.25, -0.2) is 0 Å². The molecule has 3 aromatic rings. The number of fused-ring (bicyclic) bond motifs is 1. The lowest BCUT2D eigenvalue weighted by molar-refractivity contribution is 0.0342. The van der Waals surface area contributed by atoms with Crippen molar-refractivity contribution in [3.63, 3.8) is 0 Å². The second-order valence-electron chi connectivity index (χ2n) is 6.38. The molecule has 2 aromatic carbocycles. The Morgan fingerprint density at radius 3 is 2.59 bits per heavy atom. The third-order valence-corrected chi connectivity index (χ3v) is 5.67. The Labute approximate surface area is 168 Å². The van der Waals surface area contributed by atoms with Gasteiger partial charge in [0.05, 0.1) is 18.1 Å². The van der Waals surface area contributed by atoms with Crippen molar-refractivity contribution in [2.24, 2.45) is 5.73 Å². The number of primary amides is 1. The SMILES string of the molecule is Cl.NC(=O)c1[nH]c2ccc(CN3CCOCC3)cc2c1Sc1ccccc1. The number of aromatic nitrogens is 1. The average molecular weight is 404 g/mol. The fourth-order valence-electron chi connectivity index (χ4n) is 3.22. The van der Waals surface area contributed by atoms with Crippen LogP contribution in [-0.2, 0) is 11.3 Å². The highest BCUT2D eigenvalue weighted by molar-refractivity contribution is 7.99. The van der Waals surface area contributed by atoms with Crippen molar-refractivity contribution in [3.8, 4) is 0 Å². The number of rotatable bonds is 5. The van der Waals surface area contributed by atoms with Gasteiger partial charge < -0.3 is 15.5 Å². The van der Waals surface area contributed by atoms with Crippen LogP contribution in [0.3, 0.4) is 0 Å². The van der Waals surface area contributed by atoms with Crippen molar-refractivity contribution in [1.82, 2.24) is 9.88 Å². The number of amides is 1. The van der Waals surface area contributed by atoms with E-state index in [1.165, 1.54) is 5.56 Å². The van der Waals surface area contributed by atoms with E-state index in [9.17, 15) is 4.79 Å². The molecule has 27 heavy (non-hydrogen) atoms. The maximum Gasteiger partial charge on any atom is 0.266 e. The maximum absolute atomic E-state index is 11.9. The minimum Gasteiger partial charge on any atom is -0.379 e. The number of nitrogens with one attached hydrogen (secondary N) is 1. The fraction of sp³-hybridized carbons (Fsp3) is 0.250. The van der Waals surface area contributed by atoms with Crippen molar-refractivity contribution < 1.29 is 9.53 Å². The van der Waals surface area contributed by atoms with Crippen molar-refractivity contribution in [2.75, 3.05) is 26.3 Å². The molecule has 1 aliphatic heterocycles. The molecule has 1 amide bonds. The molecule has 0 aliphatic carbocycles. The zero-order valence-electron chi connectivity index (χ0n) is 14.8. The Hall–Kier alpha value is -1.99. The molecule has 0 unspecified atom stereocenters. The molecule has 2 heterocycles. The monoisotopic (exact) mass is 403 g/mol. The van der Waals surface area contributed by atoms with Crippen LogP contribution < -0.4 is 5.73 Å². The quantitative estimate of drug-likeness (QED) is 0.681. The summed E-state index contributed by atoms with van der Waals surface area (Å²) in [6.07, 6.45) is 0. The molecule has 1 aliphatic rings. The first-order chi connectivity index (χ1) is 12.7. The van der Waals surface area contributed by atoms with Crippen LogP contribution >= 0.6 is 24.2 Å². The lowest BCUT2D eigenvalue weighted by atomic mass is 10.1. The van der Waals surface area contributed by atoms with E-state index in [2.05, 4.69) is 22.0 Å². The van der Waals surface area contributed by atoms with Gasteiger partial charge in [-0.15, -0.1) is 12.4 Å². The second kappa shape index (κ2) is 8.80. The van der Waals surface area contributed by atoms with Crippen LogP contribution in [-0.4, -0.2) is 42.1 Å². The summed E-state index contributed by atoms with van der Waals surface area (Å²) in [4.78, 5) is 19.5. The molecule has 4 rings (SSSR count). The number of H-pyrrole nitrogens is 1. The molecular formula is C20H22ClN3O2S. The zero-order chi connectivity index (χ0) is 17.9. The Morgan fingerprint density at radius 2 is 1.89 bits per heavy atom. The Morgan fingerprint density at radius 1 is 1.15 bits per heavy atom. The highest BCUT2D eigenvalue weighted by Gasteiger charge is 2.18. The second-order valence-corrected chi connectivity index (χ2v) is 7.46. The molecule has 0 spiro atoms. The number of hydrogen-bond acceptors (Lipinski definition) is 4. The lowest BCUT2D eigenvalue weighted by Gasteiger charge is -2.26. The first-order valence-electron chi connectivity index (χ1n) is 8.68. The van der Waals surface area contributed by atoms with Crippen LogP contribution in [0.2, 0.25) is 0 Å². The summed E-state index contributed by atoms with van der Waals surface area (Å²) in [6.45, 7) is 4.35. The van der Waals surface area contributed by atoms with Crippen LogP contribution in [0.4, 0.5) is 0 Å². The molecule has 0 saturated carbocycles. The first kappa shape index (κ1) is 19.8. The predicted octanol–water partition coefficient (Wildman–Crippen LogP) is 3.67. The molecule has 1 aromatic heterocycles. The molecular weight excluding hydrogens is 382 g/mol. The van der Waals surface area contributed by atoms with E-state index in [0.717, 1.165) is 53.5 Å². The van der Waals surface area contributed by atoms with Crippen molar-refractivity contribution in [1.29, 1.82) is 0 Å². The van der Waals surface area contributed by atoms with E-state index in [4.69, 9.17) is 10.5 Å². The summed E-state index contributed by atoms with van der Waals surface area (Å²) in [7, 11) is 0. The smallest absolute Gasteiger partial charge is 0.266 e. The molecule has 1 fully saturated rings. The van der Waals surface area contributed by atoms with Gasteiger partial charge in [-0.05, 0) is 29.8 Å². The number of nitrogens with two attached hydrogens (primary N) is 1. The number of carbonyl (C=O) groups excluding carboxylic acids is 1. The van der Waals surface area contributed by atoms with Crippen LogP contribution in [0, 0.1) is 0 Å². The van der Waals surface area contributed by atoms with Gasteiger partial charge in [0.2, 0.25) is 0 Å². The number of aromatic amines is 1. The number of nitrogens with zero attached hydrogens (tertiary/aromatic N) is 1. The largest absolute Gasteiger partial charge is 0.379 e. The predicted molar refractivity (Wildman–Crippen MR) is 111 cm³/mol. The van der Waals surface area contributed by atoms with E-state index in [1.807, 2.05) is 36.4 Å². The lowest BCUT2D eigenvalue weighted by Crippen LogP contribution is -2.35. The van der Waals surface area contributed by atoms with Gasteiger partial charge >= 0.3 is 0 Å². The van der Waals surface area contributed by atoms with E-state index in [1.54, 1.807) is 11.8 Å². The van der Waals surface area contributed by atoms with Crippen molar-refractivity contribution in [2.45, 2.75) is 16.3 Å². The number of halogens is 1. The van der Waals surface area contributed by atoms with Crippen LogP contribution in [0.25, 0.3) is 10.9 Å². The van der Waals surface area contributed by atoms with Crippen molar-refractivity contribution >= 4 is 41.0 Å². The van der Waals surface area contributed by atoms with E-state index < -0.39 is 5.91 Å². The summed E-state index contributed by atoms with van der Waals surface area (Å²) in [5.41, 5.74) is 8.24. The summed E-state index contributed by atoms with van der Waals surface area (Å²) in [5, 5.41) is 1.04. The van der Waals surface area contributed by atoms with Gasteiger partial charge in [0.25, 0.3) is 5.91 Å². The summed E-state index contributed by atoms with van der Waals surface area (Å²) >= 11 is 1.57. The molecule has 1 saturated heterocycles. The van der Waals surface area contributed by atoms with E-state index in [0.29, 0.717) is 5.69 Å². The third kappa shape index (κ3) is 4.47. The summed E-state index contributed by atoms with van der Waals surface area (Å²) in [5.74, 6) is -0.436. The Balaban J connectivity index is 0.00000210. The van der Waals surface area contributed by atoms with Gasteiger partial charge in [-0.3, -0.25) is 9.69 Å². The molecule has 0 bridgehead atoms. The Kier molecular flexibility index (Phi) is 6.44. The van der Waals surface area contributed by atoms with E-state index in [-0.39, 0.29) is 12.4 Å².